The van der Waals surface area contributed by atoms with Crippen molar-refractivity contribution in [3.63, 3.8) is 0 Å². The number of nitrogens with one attached hydrogen (secondary N) is 2. The lowest BCUT2D eigenvalue weighted by Crippen LogP contribution is -2.47. The van der Waals surface area contributed by atoms with Crippen molar-refractivity contribution in [1.82, 2.24) is 10.6 Å². The highest BCUT2D eigenvalue weighted by molar-refractivity contribution is 6.30. The van der Waals surface area contributed by atoms with E-state index in [1.54, 1.807) is 17.0 Å². The second-order valence-corrected chi connectivity index (χ2v) is 6.77. The van der Waals surface area contributed by atoms with Crippen molar-refractivity contribution in [3.05, 3.63) is 29.3 Å². The first kappa shape index (κ1) is 16.1. The van der Waals surface area contributed by atoms with Crippen LogP contribution in [0.25, 0.3) is 0 Å². The molecule has 3 rings (SSSR count). The Balaban J connectivity index is 1.52. The second kappa shape index (κ2) is 7.21. The highest BCUT2D eigenvalue weighted by Crippen LogP contribution is 2.23. The molecule has 0 spiro atoms. The standard InChI is InChI=1S/C17H22ClN3O2/c18-12-6-8-15(9-7-12)21-11-14(10-16(21)22)20-17(23)19-13-4-2-1-3-5-13/h6-9,13-14H,1-5,10-11H2,(H2,19,20,23)/t14-/m0/s1. The molecule has 5 nitrogen and oxygen atoms in total. The van der Waals surface area contributed by atoms with Gasteiger partial charge in [0.2, 0.25) is 5.91 Å². The van der Waals surface area contributed by atoms with Crippen LogP contribution in [0.2, 0.25) is 5.02 Å². The van der Waals surface area contributed by atoms with Gasteiger partial charge in [-0.3, -0.25) is 4.79 Å². The fourth-order valence-electron chi connectivity index (χ4n) is 3.33. The number of urea groups is 1. The molecule has 1 saturated carbocycles. The lowest BCUT2D eigenvalue weighted by atomic mass is 9.96. The molecule has 6 heteroatoms. The third kappa shape index (κ3) is 4.16. The number of anilines is 1. The molecular formula is C17H22ClN3O2. The number of hydrogen-bond donors (Lipinski definition) is 2. The van der Waals surface area contributed by atoms with E-state index in [0.29, 0.717) is 18.0 Å². The molecule has 23 heavy (non-hydrogen) atoms. The maximum absolute atomic E-state index is 12.2. The Hall–Kier alpha value is -1.75. The van der Waals surface area contributed by atoms with Gasteiger partial charge >= 0.3 is 6.03 Å². The third-order valence-electron chi connectivity index (χ3n) is 4.54. The van der Waals surface area contributed by atoms with Crippen LogP contribution in [0, 0.1) is 0 Å². The lowest BCUT2D eigenvalue weighted by molar-refractivity contribution is -0.117. The third-order valence-corrected chi connectivity index (χ3v) is 4.79. The number of carbonyl (C=O) groups is 2. The Morgan fingerprint density at radius 1 is 1.04 bits per heavy atom. The van der Waals surface area contributed by atoms with Crippen LogP contribution in [0.5, 0.6) is 0 Å². The zero-order chi connectivity index (χ0) is 16.2. The van der Waals surface area contributed by atoms with Gasteiger partial charge in [-0.25, -0.2) is 4.79 Å². The van der Waals surface area contributed by atoms with Crippen LogP contribution >= 0.6 is 11.6 Å². The van der Waals surface area contributed by atoms with Crippen molar-refractivity contribution in [3.8, 4) is 0 Å². The SMILES string of the molecule is O=C(NC1CCCCC1)N[C@H]1CC(=O)N(c2ccc(Cl)cc2)C1. The maximum atomic E-state index is 12.2. The summed E-state index contributed by atoms with van der Waals surface area (Å²) in [7, 11) is 0. The molecule has 0 radical (unpaired) electrons. The quantitative estimate of drug-likeness (QED) is 0.891. The summed E-state index contributed by atoms with van der Waals surface area (Å²) in [6.07, 6.45) is 6.05. The fourth-order valence-corrected chi connectivity index (χ4v) is 3.46. The largest absolute Gasteiger partial charge is 0.335 e. The molecule has 2 fully saturated rings. The average Bonchev–Trinajstić information content (AvgIpc) is 2.89. The summed E-state index contributed by atoms with van der Waals surface area (Å²) in [6.45, 7) is 0.499. The van der Waals surface area contributed by atoms with Crippen molar-refractivity contribution in [2.24, 2.45) is 0 Å². The summed E-state index contributed by atoms with van der Waals surface area (Å²) in [4.78, 5) is 26.0. The molecule has 2 N–H and O–H groups in total. The van der Waals surface area contributed by atoms with Gasteiger partial charge in [0, 0.05) is 29.7 Å². The first-order valence-electron chi connectivity index (χ1n) is 8.25. The van der Waals surface area contributed by atoms with Gasteiger partial charge in [0.05, 0.1) is 6.04 Å². The first-order chi connectivity index (χ1) is 11.1. The molecule has 2 aliphatic rings. The molecule has 1 atom stereocenters. The smallest absolute Gasteiger partial charge is 0.315 e. The Morgan fingerprint density at radius 3 is 2.39 bits per heavy atom. The summed E-state index contributed by atoms with van der Waals surface area (Å²) in [5, 5.41) is 6.60. The molecule has 1 aromatic carbocycles. The van der Waals surface area contributed by atoms with E-state index < -0.39 is 0 Å². The van der Waals surface area contributed by atoms with Crippen LogP contribution in [-0.4, -0.2) is 30.6 Å². The molecule has 124 valence electrons. The minimum atomic E-state index is -0.160. The average molecular weight is 336 g/mol. The van der Waals surface area contributed by atoms with Gasteiger partial charge in [-0.1, -0.05) is 30.9 Å². The highest BCUT2D eigenvalue weighted by atomic mass is 35.5. The zero-order valence-corrected chi connectivity index (χ0v) is 13.8. The van der Waals surface area contributed by atoms with E-state index in [2.05, 4.69) is 10.6 Å². The van der Waals surface area contributed by atoms with E-state index >= 15 is 0 Å². The molecule has 1 aliphatic carbocycles. The summed E-state index contributed by atoms with van der Waals surface area (Å²) in [6, 6.07) is 7.14. The molecule has 0 bridgehead atoms. The number of halogens is 1. The Morgan fingerprint density at radius 2 is 1.70 bits per heavy atom. The van der Waals surface area contributed by atoms with Crippen LogP contribution in [0.4, 0.5) is 10.5 Å². The van der Waals surface area contributed by atoms with Crippen LogP contribution in [0.3, 0.4) is 0 Å². The summed E-state index contributed by atoms with van der Waals surface area (Å²) >= 11 is 5.88. The van der Waals surface area contributed by atoms with Gasteiger partial charge in [0.1, 0.15) is 0 Å². The van der Waals surface area contributed by atoms with Crippen molar-refractivity contribution < 1.29 is 9.59 Å². The number of amides is 3. The topological polar surface area (TPSA) is 61.4 Å². The Labute approximate surface area is 141 Å². The number of hydrogen-bond acceptors (Lipinski definition) is 2. The van der Waals surface area contributed by atoms with Crippen LogP contribution < -0.4 is 15.5 Å². The van der Waals surface area contributed by atoms with Crippen LogP contribution in [0.1, 0.15) is 38.5 Å². The molecular weight excluding hydrogens is 314 g/mol. The van der Waals surface area contributed by atoms with Gasteiger partial charge in [0.25, 0.3) is 0 Å². The summed E-state index contributed by atoms with van der Waals surface area (Å²) in [5.41, 5.74) is 0.816. The van der Waals surface area contributed by atoms with Gasteiger partial charge in [-0.05, 0) is 37.1 Å². The minimum absolute atomic E-state index is 0.0234. The summed E-state index contributed by atoms with van der Waals surface area (Å²) < 4.78 is 0. The number of benzene rings is 1. The Kier molecular flexibility index (Phi) is 5.06. The number of rotatable bonds is 3. The molecule has 3 amide bonds. The van der Waals surface area contributed by atoms with E-state index in [1.807, 2.05) is 12.1 Å². The minimum Gasteiger partial charge on any atom is -0.335 e. The predicted octanol–water partition coefficient (Wildman–Crippen LogP) is 3.08. The zero-order valence-electron chi connectivity index (χ0n) is 13.1. The number of carbonyl (C=O) groups excluding carboxylic acids is 2. The van der Waals surface area contributed by atoms with Crippen molar-refractivity contribution >= 4 is 29.2 Å². The molecule has 0 aromatic heterocycles. The van der Waals surface area contributed by atoms with E-state index in [-0.39, 0.29) is 24.0 Å². The van der Waals surface area contributed by atoms with Gasteiger partial charge in [-0.15, -0.1) is 0 Å². The van der Waals surface area contributed by atoms with Crippen LogP contribution in [-0.2, 0) is 4.79 Å². The molecule has 1 heterocycles. The monoisotopic (exact) mass is 335 g/mol. The van der Waals surface area contributed by atoms with E-state index in [9.17, 15) is 9.59 Å². The number of nitrogens with zero attached hydrogens (tertiary/aromatic N) is 1. The normalized spacial score (nSPS) is 22.2. The highest BCUT2D eigenvalue weighted by Gasteiger charge is 2.31. The molecule has 1 saturated heterocycles. The van der Waals surface area contributed by atoms with E-state index in [0.717, 1.165) is 18.5 Å². The van der Waals surface area contributed by atoms with Crippen molar-refractivity contribution in [2.45, 2.75) is 50.6 Å². The molecule has 1 aromatic rings. The lowest BCUT2D eigenvalue weighted by Gasteiger charge is -2.24. The second-order valence-electron chi connectivity index (χ2n) is 6.33. The first-order valence-corrected chi connectivity index (χ1v) is 8.62. The van der Waals surface area contributed by atoms with Crippen LogP contribution in [0.15, 0.2) is 24.3 Å². The van der Waals surface area contributed by atoms with Crippen molar-refractivity contribution in [2.75, 3.05) is 11.4 Å². The van der Waals surface area contributed by atoms with E-state index in [4.69, 9.17) is 11.6 Å². The Bertz CT molecular complexity index is 570. The van der Waals surface area contributed by atoms with E-state index in [1.165, 1.54) is 19.3 Å². The molecule has 0 unspecified atom stereocenters. The summed E-state index contributed by atoms with van der Waals surface area (Å²) in [5.74, 6) is 0.0234. The fraction of sp³-hybridized carbons (Fsp3) is 0.529. The molecule has 1 aliphatic heterocycles. The maximum Gasteiger partial charge on any atom is 0.315 e. The van der Waals surface area contributed by atoms with Gasteiger partial charge < -0.3 is 15.5 Å². The van der Waals surface area contributed by atoms with Gasteiger partial charge in [-0.2, -0.15) is 0 Å². The van der Waals surface area contributed by atoms with Crippen molar-refractivity contribution in [1.29, 1.82) is 0 Å². The predicted molar refractivity (Wildman–Crippen MR) is 90.8 cm³/mol. The van der Waals surface area contributed by atoms with Gasteiger partial charge in [0.15, 0.2) is 0 Å².